The number of alkyl halides is 5. The number of anilines is 1. The summed E-state index contributed by atoms with van der Waals surface area (Å²) in [6, 6.07) is 5.69. The van der Waals surface area contributed by atoms with Crippen molar-refractivity contribution in [2.24, 2.45) is 0 Å². The van der Waals surface area contributed by atoms with Gasteiger partial charge in [-0.25, -0.2) is 18.4 Å². The number of benzene rings is 1. The summed E-state index contributed by atoms with van der Waals surface area (Å²) < 4.78 is 68.3. The molecule has 0 atom stereocenters. The van der Waals surface area contributed by atoms with Gasteiger partial charge in [0, 0.05) is 18.3 Å². The van der Waals surface area contributed by atoms with Crippen LogP contribution in [0.3, 0.4) is 0 Å². The van der Waals surface area contributed by atoms with Gasteiger partial charge in [0.05, 0.1) is 16.6 Å². The average Bonchev–Trinajstić information content (AvgIpc) is 2.90. The van der Waals surface area contributed by atoms with Gasteiger partial charge in [-0.15, -0.1) is 0 Å². The van der Waals surface area contributed by atoms with Gasteiger partial charge >= 0.3 is 6.18 Å². The summed E-state index contributed by atoms with van der Waals surface area (Å²) in [4.78, 5) is 3.59. The summed E-state index contributed by atoms with van der Waals surface area (Å²) in [5, 5.41) is 6.53. The molecule has 1 aromatic carbocycles. The van der Waals surface area contributed by atoms with Crippen molar-refractivity contribution in [3.05, 3.63) is 46.8 Å². The van der Waals surface area contributed by atoms with E-state index in [4.69, 9.17) is 0 Å². The van der Waals surface area contributed by atoms with Crippen LogP contribution in [0, 0.1) is 13.8 Å². The molecule has 2 aromatic heterocycles. The van der Waals surface area contributed by atoms with Crippen LogP contribution in [-0.4, -0.2) is 21.8 Å². The molecule has 9 heteroatoms. The fourth-order valence-corrected chi connectivity index (χ4v) is 2.88. The monoisotopic (exact) mass is 370 g/mol. The van der Waals surface area contributed by atoms with Crippen molar-refractivity contribution in [3.63, 3.8) is 0 Å². The van der Waals surface area contributed by atoms with Gasteiger partial charge in [-0.05, 0) is 32.0 Å². The van der Waals surface area contributed by atoms with Gasteiger partial charge < -0.3 is 5.32 Å². The van der Waals surface area contributed by atoms with Crippen molar-refractivity contribution in [2.75, 3.05) is 12.4 Å². The predicted molar refractivity (Wildman–Crippen MR) is 87.8 cm³/mol. The van der Waals surface area contributed by atoms with E-state index in [-0.39, 0.29) is 33.7 Å². The van der Waals surface area contributed by atoms with Gasteiger partial charge in [0.25, 0.3) is 6.43 Å². The smallest absolute Gasteiger partial charge is 0.372 e. The summed E-state index contributed by atoms with van der Waals surface area (Å²) in [5.74, 6) is -0.0504. The van der Waals surface area contributed by atoms with E-state index in [1.54, 1.807) is 13.0 Å². The second-order valence-corrected chi connectivity index (χ2v) is 5.88. The zero-order chi connectivity index (χ0) is 19.2. The van der Waals surface area contributed by atoms with Gasteiger partial charge in [-0.1, -0.05) is 11.6 Å². The molecule has 0 unspecified atom stereocenters. The Balaban J connectivity index is 2.40. The number of pyridine rings is 1. The topological polar surface area (TPSA) is 42.7 Å². The molecule has 0 aliphatic carbocycles. The lowest BCUT2D eigenvalue weighted by Gasteiger charge is -2.13. The maximum absolute atomic E-state index is 13.5. The Labute approximate surface area is 145 Å². The molecule has 0 fully saturated rings. The number of nitrogens with one attached hydrogen (secondary N) is 1. The molecule has 0 aliphatic rings. The van der Waals surface area contributed by atoms with E-state index in [9.17, 15) is 22.0 Å². The molecule has 0 aliphatic heterocycles. The summed E-state index contributed by atoms with van der Waals surface area (Å²) >= 11 is 0. The number of aryl methyl sites for hydroxylation is 2. The van der Waals surface area contributed by atoms with E-state index in [2.05, 4.69) is 15.4 Å². The Morgan fingerprint density at radius 1 is 1.12 bits per heavy atom. The van der Waals surface area contributed by atoms with Crippen LogP contribution < -0.4 is 5.32 Å². The molecule has 0 saturated carbocycles. The van der Waals surface area contributed by atoms with E-state index in [0.29, 0.717) is 5.56 Å². The summed E-state index contributed by atoms with van der Waals surface area (Å²) in [5.41, 5.74) is -0.636. The Morgan fingerprint density at radius 3 is 2.38 bits per heavy atom. The molecule has 0 bridgehead atoms. The third-order valence-electron chi connectivity index (χ3n) is 3.93. The van der Waals surface area contributed by atoms with Crippen LogP contribution >= 0.6 is 0 Å². The van der Waals surface area contributed by atoms with Crippen molar-refractivity contribution in [3.8, 4) is 5.69 Å². The number of rotatable bonds is 3. The lowest BCUT2D eigenvalue weighted by molar-refractivity contribution is -0.139. The molecule has 0 radical (unpaired) electrons. The molecule has 3 aromatic rings. The maximum Gasteiger partial charge on any atom is 0.434 e. The quantitative estimate of drug-likeness (QED) is 0.657. The molecular weight excluding hydrogens is 355 g/mol. The SMILES string of the molecule is CNc1c2c(C(F)(F)F)nc(C)cc2nn1-c1ccc(C)cc1C(F)F. The molecule has 4 nitrogen and oxygen atoms in total. The highest BCUT2D eigenvalue weighted by Gasteiger charge is 2.37. The first-order valence-corrected chi connectivity index (χ1v) is 7.68. The number of aromatic nitrogens is 3. The van der Waals surface area contributed by atoms with Crippen LogP contribution in [0.1, 0.15) is 28.9 Å². The molecule has 26 heavy (non-hydrogen) atoms. The minimum atomic E-state index is -4.71. The largest absolute Gasteiger partial charge is 0.434 e. The van der Waals surface area contributed by atoms with Crippen molar-refractivity contribution < 1.29 is 22.0 Å². The van der Waals surface area contributed by atoms with Crippen molar-refractivity contribution in [1.82, 2.24) is 14.8 Å². The fraction of sp³-hybridized carbons (Fsp3) is 0.294. The highest BCUT2D eigenvalue weighted by Crippen LogP contribution is 2.39. The first-order valence-electron chi connectivity index (χ1n) is 7.68. The highest BCUT2D eigenvalue weighted by atomic mass is 19.4. The first-order chi connectivity index (χ1) is 12.1. The van der Waals surface area contributed by atoms with Gasteiger partial charge in [0.15, 0.2) is 5.69 Å². The lowest BCUT2D eigenvalue weighted by Crippen LogP contribution is -2.11. The first kappa shape index (κ1) is 18.1. The minimum Gasteiger partial charge on any atom is -0.372 e. The third-order valence-corrected chi connectivity index (χ3v) is 3.93. The summed E-state index contributed by atoms with van der Waals surface area (Å²) in [6.45, 7) is 3.08. The maximum atomic E-state index is 13.5. The second kappa shape index (κ2) is 6.22. The van der Waals surface area contributed by atoms with E-state index >= 15 is 0 Å². The number of halogens is 5. The molecule has 2 heterocycles. The Kier molecular flexibility index (Phi) is 4.33. The molecule has 3 rings (SSSR count). The number of hydrogen-bond donors (Lipinski definition) is 1. The average molecular weight is 370 g/mol. The van der Waals surface area contributed by atoms with Crippen LogP contribution in [0.4, 0.5) is 27.8 Å². The Morgan fingerprint density at radius 2 is 1.81 bits per heavy atom. The van der Waals surface area contributed by atoms with E-state index in [0.717, 1.165) is 4.68 Å². The highest BCUT2D eigenvalue weighted by molar-refractivity contribution is 5.93. The van der Waals surface area contributed by atoms with Crippen LogP contribution in [0.5, 0.6) is 0 Å². The predicted octanol–water partition coefficient (Wildman–Crippen LogP) is 5.04. The van der Waals surface area contributed by atoms with Crippen LogP contribution in [-0.2, 0) is 6.18 Å². The van der Waals surface area contributed by atoms with E-state index in [1.165, 1.54) is 32.2 Å². The number of hydrogen-bond acceptors (Lipinski definition) is 3. The fourth-order valence-electron chi connectivity index (χ4n) is 2.88. The van der Waals surface area contributed by atoms with Crippen molar-refractivity contribution >= 4 is 16.7 Å². The second-order valence-electron chi connectivity index (χ2n) is 5.88. The zero-order valence-corrected chi connectivity index (χ0v) is 14.1. The van der Waals surface area contributed by atoms with Gasteiger partial charge in [0.2, 0.25) is 0 Å². The van der Waals surface area contributed by atoms with Gasteiger partial charge in [-0.3, -0.25) is 0 Å². The van der Waals surface area contributed by atoms with Gasteiger partial charge in [0.1, 0.15) is 5.82 Å². The van der Waals surface area contributed by atoms with Crippen LogP contribution in [0.25, 0.3) is 16.6 Å². The third kappa shape index (κ3) is 2.97. The van der Waals surface area contributed by atoms with E-state index < -0.39 is 18.3 Å². The van der Waals surface area contributed by atoms with E-state index in [1.807, 2.05) is 0 Å². The molecule has 0 spiro atoms. The van der Waals surface area contributed by atoms with Crippen molar-refractivity contribution in [2.45, 2.75) is 26.4 Å². The normalized spacial score (nSPS) is 12.2. The molecular formula is C17H15F5N4. The lowest BCUT2D eigenvalue weighted by atomic mass is 10.1. The van der Waals surface area contributed by atoms with Crippen molar-refractivity contribution in [1.29, 1.82) is 0 Å². The zero-order valence-electron chi connectivity index (χ0n) is 14.1. The molecule has 0 amide bonds. The Bertz CT molecular complexity index is 975. The standard InChI is InChI=1S/C17H15F5N4/c1-8-4-5-12(10(6-8)15(18)19)26-16(23-3)13-11(25-26)7-9(2)24-14(13)17(20,21)22/h4-7,15,23H,1-3H3. The molecule has 0 saturated heterocycles. The Hall–Kier alpha value is -2.71. The number of fused-ring (bicyclic) bond motifs is 1. The van der Waals surface area contributed by atoms with Gasteiger partial charge in [-0.2, -0.15) is 18.3 Å². The minimum absolute atomic E-state index is 0.0110. The van der Waals surface area contributed by atoms with Crippen LogP contribution in [0.2, 0.25) is 0 Å². The van der Waals surface area contributed by atoms with Crippen LogP contribution in [0.15, 0.2) is 24.3 Å². The number of nitrogens with zero attached hydrogens (tertiary/aromatic N) is 3. The summed E-state index contributed by atoms with van der Waals surface area (Å²) in [6.07, 6.45) is -7.51. The molecule has 138 valence electrons. The molecule has 1 N–H and O–H groups in total. The summed E-state index contributed by atoms with van der Waals surface area (Å²) in [7, 11) is 1.41.